The van der Waals surface area contributed by atoms with Crippen LogP contribution >= 0.6 is 7.82 Å². The van der Waals surface area contributed by atoms with Crippen molar-refractivity contribution in [1.82, 2.24) is 5.32 Å². The van der Waals surface area contributed by atoms with Crippen LogP contribution in [0, 0.1) is 0 Å². The number of nitrogens with zero attached hydrogens (tertiary/aromatic N) is 1. The maximum absolute atomic E-state index is 13.5. The lowest BCUT2D eigenvalue weighted by Crippen LogP contribution is -2.47. The van der Waals surface area contributed by atoms with Crippen LogP contribution < -0.4 is 5.32 Å². The summed E-state index contributed by atoms with van der Waals surface area (Å²) in [5, 5.41) is 3.04. The highest BCUT2D eigenvalue weighted by Crippen LogP contribution is 2.43. The number of amides is 1. The predicted molar refractivity (Wildman–Crippen MR) is 314 cm³/mol. The van der Waals surface area contributed by atoms with E-state index in [0.717, 1.165) is 109 Å². The summed E-state index contributed by atoms with van der Waals surface area (Å²) in [6.07, 6.45) is 68.5. The summed E-state index contributed by atoms with van der Waals surface area (Å²) < 4.78 is 30.7. The van der Waals surface area contributed by atoms with Crippen molar-refractivity contribution in [2.45, 2.75) is 264 Å². The molecular weight excluding hydrogens is 928 g/mol. The first-order valence-electron chi connectivity index (χ1n) is 29.9. The lowest BCUT2D eigenvalue weighted by Gasteiger charge is -2.27. The number of quaternary nitrogens is 1. The molecular formula is C63H114N2O7P+. The highest BCUT2D eigenvalue weighted by Gasteiger charge is 2.30. The largest absolute Gasteiger partial charge is 0.472 e. The van der Waals surface area contributed by atoms with Gasteiger partial charge in [-0.05, 0) is 89.5 Å². The normalized spacial score (nSPS) is 14.3. The Balaban J connectivity index is 5.36. The van der Waals surface area contributed by atoms with Crippen LogP contribution in [0.15, 0.2) is 85.1 Å². The molecule has 0 aliphatic rings. The zero-order valence-corrected chi connectivity index (χ0v) is 49.0. The third-order valence-corrected chi connectivity index (χ3v) is 13.9. The molecule has 0 saturated carbocycles. The van der Waals surface area contributed by atoms with Crippen molar-refractivity contribution in [3.8, 4) is 0 Å². The Labute approximate surface area is 450 Å². The Kier molecular flexibility index (Phi) is 50.6. The van der Waals surface area contributed by atoms with E-state index < -0.39 is 20.0 Å². The van der Waals surface area contributed by atoms with Gasteiger partial charge >= 0.3 is 13.8 Å². The van der Waals surface area contributed by atoms with E-state index in [4.69, 9.17) is 13.8 Å². The van der Waals surface area contributed by atoms with Crippen LogP contribution in [0.4, 0.5) is 0 Å². The molecule has 0 saturated heterocycles. The number of carbonyl (C=O) groups is 2. The molecule has 0 aromatic heterocycles. The molecule has 1 amide bonds. The van der Waals surface area contributed by atoms with Gasteiger partial charge in [0.1, 0.15) is 19.3 Å². The van der Waals surface area contributed by atoms with E-state index in [1.54, 1.807) is 0 Å². The molecule has 0 radical (unpaired) electrons. The van der Waals surface area contributed by atoms with Gasteiger partial charge in [-0.1, -0.05) is 235 Å². The average molecular weight is 1040 g/mol. The van der Waals surface area contributed by atoms with Crippen molar-refractivity contribution < 1.29 is 37.3 Å². The van der Waals surface area contributed by atoms with Gasteiger partial charge in [-0.25, -0.2) is 4.57 Å². The van der Waals surface area contributed by atoms with Crippen LogP contribution in [-0.2, 0) is 27.9 Å². The molecule has 73 heavy (non-hydrogen) atoms. The van der Waals surface area contributed by atoms with Gasteiger partial charge in [0.25, 0.3) is 0 Å². The predicted octanol–water partition coefficient (Wildman–Crippen LogP) is 18.2. The highest BCUT2D eigenvalue weighted by molar-refractivity contribution is 7.47. The first-order valence-corrected chi connectivity index (χ1v) is 31.4. The lowest BCUT2D eigenvalue weighted by molar-refractivity contribution is -0.870. The number of likely N-dealkylation sites (N-methyl/N-ethyl adjacent to an activating group) is 1. The van der Waals surface area contributed by atoms with Gasteiger partial charge in [0.05, 0.1) is 33.8 Å². The second kappa shape index (κ2) is 52.6. The van der Waals surface area contributed by atoms with Crippen LogP contribution in [0.3, 0.4) is 0 Å². The number of carbonyl (C=O) groups excluding carboxylic acids is 2. The lowest BCUT2D eigenvalue weighted by atomic mass is 10.0. The Morgan fingerprint density at radius 3 is 1.45 bits per heavy atom. The van der Waals surface area contributed by atoms with E-state index in [2.05, 4.69) is 99.0 Å². The minimum absolute atomic E-state index is 0.0318. The number of phosphoric ester groups is 1. The minimum Gasteiger partial charge on any atom is -0.456 e. The van der Waals surface area contributed by atoms with Gasteiger partial charge in [-0.3, -0.25) is 18.6 Å². The van der Waals surface area contributed by atoms with Crippen molar-refractivity contribution in [1.29, 1.82) is 0 Å². The van der Waals surface area contributed by atoms with Crippen LogP contribution in [-0.4, -0.2) is 74.3 Å². The summed E-state index contributed by atoms with van der Waals surface area (Å²) in [7, 11) is 1.47. The van der Waals surface area contributed by atoms with Gasteiger partial charge in [0.15, 0.2) is 0 Å². The summed E-state index contributed by atoms with van der Waals surface area (Å²) in [6, 6.07) is -0.864. The van der Waals surface area contributed by atoms with Crippen LogP contribution in [0.2, 0.25) is 0 Å². The Bertz CT molecular complexity index is 1530. The third kappa shape index (κ3) is 53.8. The van der Waals surface area contributed by atoms with Gasteiger partial charge in [-0.2, -0.15) is 0 Å². The number of allylic oxidation sites excluding steroid dienone is 13. The molecule has 0 heterocycles. The Morgan fingerprint density at radius 2 is 0.932 bits per heavy atom. The second-order valence-corrected chi connectivity index (χ2v) is 22.7. The fourth-order valence-electron chi connectivity index (χ4n) is 8.24. The Hall–Kier alpha value is -2.81. The van der Waals surface area contributed by atoms with E-state index in [1.807, 2.05) is 33.3 Å². The molecule has 422 valence electrons. The molecule has 0 bridgehead atoms. The number of nitrogens with one attached hydrogen (secondary N) is 1. The zero-order valence-electron chi connectivity index (χ0n) is 48.1. The van der Waals surface area contributed by atoms with Crippen LogP contribution in [0.1, 0.15) is 252 Å². The molecule has 9 nitrogen and oxygen atoms in total. The summed E-state index contributed by atoms with van der Waals surface area (Å²) in [5.74, 6) is -0.535. The number of unbranched alkanes of at least 4 members (excludes halogenated alkanes) is 27. The molecule has 0 aliphatic heterocycles. The topological polar surface area (TPSA) is 111 Å². The highest BCUT2D eigenvalue weighted by atomic mass is 31.2. The van der Waals surface area contributed by atoms with E-state index >= 15 is 0 Å². The third-order valence-electron chi connectivity index (χ3n) is 12.9. The minimum atomic E-state index is -4.46. The fourth-order valence-corrected chi connectivity index (χ4v) is 8.98. The molecule has 2 N–H and O–H groups in total. The number of hydrogen-bond donors (Lipinski definition) is 2. The van der Waals surface area contributed by atoms with E-state index in [1.165, 1.54) is 109 Å². The number of esters is 1. The van der Waals surface area contributed by atoms with Crippen LogP contribution in [0.5, 0.6) is 0 Å². The molecule has 3 atom stereocenters. The van der Waals surface area contributed by atoms with Gasteiger partial charge in [-0.15, -0.1) is 0 Å². The van der Waals surface area contributed by atoms with Gasteiger partial charge < -0.3 is 19.4 Å². The first-order chi connectivity index (χ1) is 35.4. The number of hydrogen-bond acceptors (Lipinski definition) is 6. The molecule has 0 aromatic carbocycles. The molecule has 0 spiro atoms. The van der Waals surface area contributed by atoms with E-state index in [-0.39, 0.29) is 31.5 Å². The maximum Gasteiger partial charge on any atom is 0.472 e. The van der Waals surface area contributed by atoms with Crippen molar-refractivity contribution in [3.63, 3.8) is 0 Å². The monoisotopic (exact) mass is 1040 g/mol. The summed E-state index contributed by atoms with van der Waals surface area (Å²) in [6.45, 7) is 6.83. The summed E-state index contributed by atoms with van der Waals surface area (Å²) >= 11 is 0. The number of phosphoric acid groups is 1. The van der Waals surface area contributed by atoms with Crippen molar-refractivity contribution in [2.24, 2.45) is 0 Å². The molecule has 3 unspecified atom stereocenters. The molecule has 0 aromatic rings. The SMILES string of the molecule is CC/C=C/C=C/C=C/CCCCCCCCCC(=O)OC(/C=C\CCCCCCCCCCCCC)C(COP(=O)(O)OCC[N+](C)(C)C)NC(=O)CCCCCCCC/C=C\C/C=C\C/C=C\CCCCC. The molecule has 0 fully saturated rings. The van der Waals surface area contributed by atoms with E-state index in [0.29, 0.717) is 17.4 Å². The average Bonchev–Trinajstić information content (AvgIpc) is 3.35. The maximum atomic E-state index is 13.5. The van der Waals surface area contributed by atoms with Crippen molar-refractivity contribution in [2.75, 3.05) is 40.9 Å². The summed E-state index contributed by atoms with van der Waals surface area (Å²) in [4.78, 5) is 37.7. The van der Waals surface area contributed by atoms with Crippen molar-refractivity contribution >= 4 is 19.7 Å². The van der Waals surface area contributed by atoms with Crippen molar-refractivity contribution in [3.05, 3.63) is 85.1 Å². The summed E-state index contributed by atoms with van der Waals surface area (Å²) in [5.41, 5.74) is 0. The van der Waals surface area contributed by atoms with Crippen LogP contribution in [0.25, 0.3) is 0 Å². The standard InChI is InChI=1S/C63H113N2O7P/c1-7-10-13-16-19-22-25-28-30-31-32-33-35-37-40-43-46-49-52-55-62(66)64-60(59-71-73(68,69)70-58-57-65(4,5)6)61(54-51-48-45-42-39-36-27-24-21-18-15-12-9-3)72-63(67)56-53-50-47-44-41-38-34-29-26-23-20-17-14-11-8-2/h11,14,17,19-20,22-23,26,28,30,32-33,51,54,60-61H,7-10,12-13,15-16,18,21,24-25,27,29,31,34-50,52-53,55-59H2,1-6H3,(H-,64,66,68,69)/p+1/b14-11+,20-17+,22-19-,26-23+,30-28-,33-32-,54-51-. The fraction of sp³-hybridized carbons (Fsp3) is 0.746. The number of ether oxygens (including phenoxy) is 1. The first kappa shape index (κ1) is 70.2. The van der Waals surface area contributed by atoms with Gasteiger partial charge in [0, 0.05) is 12.8 Å². The Morgan fingerprint density at radius 1 is 0.507 bits per heavy atom. The number of rotatable bonds is 53. The van der Waals surface area contributed by atoms with E-state index in [9.17, 15) is 19.0 Å². The van der Waals surface area contributed by atoms with Gasteiger partial charge in [0.2, 0.25) is 5.91 Å². The molecule has 0 aliphatic carbocycles. The quantitative estimate of drug-likeness (QED) is 0.0156. The molecule has 0 rings (SSSR count). The smallest absolute Gasteiger partial charge is 0.456 e. The molecule has 10 heteroatoms. The zero-order chi connectivity index (χ0) is 53.6. The second-order valence-electron chi connectivity index (χ2n) is 21.2.